The Bertz CT molecular complexity index is 761. The molecule has 2 fully saturated rings. The fourth-order valence-corrected chi connectivity index (χ4v) is 4.52. The molecule has 27 heavy (non-hydrogen) atoms. The summed E-state index contributed by atoms with van der Waals surface area (Å²) >= 11 is 0. The minimum absolute atomic E-state index is 0.0900. The van der Waals surface area contributed by atoms with Gasteiger partial charge >= 0.3 is 6.09 Å². The van der Waals surface area contributed by atoms with Crippen molar-refractivity contribution < 1.29 is 23.8 Å². The number of cyclic esters (lactones) is 1. The van der Waals surface area contributed by atoms with E-state index in [4.69, 9.17) is 4.74 Å². The maximum atomic E-state index is 14.8. The van der Waals surface area contributed by atoms with Crippen LogP contribution < -0.4 is 10.2 Å². The third-order valence-corrected chi connectivity index (χ3v) is 6.05. The van der Waals surface area contributed by atoms with E-state index in [9.17, 15) is 19.1 Å². The van der Waals surface area contributed by atoms with Crippen molar-refractivity contribution in [2.24, 2.45) is 0 Å². The first kappa shape index (κ1) is 18.2. The number of hydrogen-bond acceptors (Lipinski definition) is 4. The molecule has 6 nitrogen and oxygen atoms in total. The van der Waals surface area contributed by atoms with Crippen molar-refractivity contribution >= 4 is 17.7 Å². The molecule has 0 radical (unpaired) electrons. The number of aliphatic hydroxyl groups is 1. The lowest BCUT2D eigenvalue weighted by atomic mass is 9.82. The zero-order valence-corrected chi connectivity index (χ0v) is 15.4. The Morgan fingerprint density at radius 2 is 2.07 bits per heavy atom. The van der Waals surface area contributed by atoms with Gasteiger partial charge in [0.25, 0.3) is 0 Å². The highest BCUT2D eigenvalue weighted by Gasteiger charge is 2.48. The molecule has 1 aromatic rings. The number of hydrogen-bond donors (Lipinski definition) is 2. The fourth-order valence-electron chi connectivity index (χ4n) is 4.52. The Labute approximate surface area is 157 Å². The number of halogens is 1. The molecule has 0 aromatic heterocycles. The van der Waals surface area contributed by atoms with Crippen molar-refractivity contribution in [2.75, 3.05) is 11.4 Å². The van der Waals surface area contributed by atoms with Gasteiger partial charge in [-0.1, -0.05) is 13.0 Å². The Kier molecular flexibility index (Phi) is 4.80. The molecule has 0 spiro atoms. The number of carbonyl (C=O) groups excluding carboxylic acids is 2. The Balaban J connectivity index is 1.54. The molecule has 4 rings (SSSR count). The summed E-state index contributed by atoms with van der Waals surface area (Å²) in [4.78, 5) is 25.4. The summed E-state index contributed by atoms with van der Waals surface area (Å²) < 4.78 is 20.2. The second-order valence-corrected chi connectivity index (χ2v) is 7.73. The third-order valence-electron chi connectivity index (χ3n) is 6.05. The fraction of sp³-hybridized carbons (Fsp3) is 0.600. The number of anilines is 1. The predicted molar refractivity (Wildman–Crippen MR) is 97.2 cm³/mol. The van der Waals surface area contributed by atoms with Crippen molar-refractivity contribution in [3.05, 3.63) is 29.1 Å². The molecule has 7 heteroatoms. The molecule has 0 bridgehead atoms. The molecule has 1 aromatic carbocycles. The van der Waals surface area contributed by atoms with E-state index < -0.39 is 12.2 Å². The van der Waals surface area contributed by atoms with Gasteiger partial charge in [0, 0.05) is 6.42 Å². The van der Waals surface area contributed by atoms with Crippen LogP contribution >= 0.6 is 0 Å². The molecule has 3 aliphatic rings. The summed E-state index contributed by atoms with van der Waals surface area (Å²) in [6.45, 7) is 2.03. The molecule has 146 valence electrons. The second-order valence-electron chi connectivity index (χ2n) is 7.73. The SMILES string of the molecule is CCC(=O)NC[C@@H]1OC(=O)N2c3cc(F)c(C4CCC(O)CC4)cc3C[C@@H]12. The van der Waals surface area contributed by atoms with E-state index in [-0.39, 0.29) is 36.3 Å². The van der Waals surface area contributed by atoms with Gasteiger partial charge in [0.05, 0.1) is 24.4 Å². The molecule has 0 unspecified atom stereocenters. The summed E-state index contributed by atoms with van der Waals surface area (Å²) in [5, 5.41) is 12.5. The van der Waals surface area contributed by atoms with Gasteiger partial charge in [-0.15, -0.1) is 0 Å². The zero-order chi connectivity index (χ0) is 19.1. The number of fused-ring (bicyclic) bond motifs is 3. The first-order valence-electron chi connectivity index (χ1n) is 9.74. The highest BCUT2D eigenvalue weighted by atomic mass is 19.1. The lowest BCUT2D eigenvalue weighted by molar-refractivity contribution is -0.121. The number of nitrogens with one attached hydrogen (secondary N) is 1. The topological polar surface area (TPSA) is 78.9 Å². The quantitative estimate of drug-likeness (QED) is 0.847. The van der Waals surface area contributed by atoms with E-state index in [1.165, 1.54) is 11.0 Å². The van der Waals surface area contributed by atoms with Crippen molar-refractivity contribution in [2.45, 2.75) is 69.6 Å². The third kappa shape index (κ3) is 3.29. The minimum Gasteiger partial charge on any atom is -0.442 e. The molecule has 2 atom stereocenters. The molecule has 1 aliphatic carbocycles. The van der Waals surface area contributed by atoms with Crippen LogP contribution in [0.5, 0.6) is 0 Å². The number of ether oxygens (including phenoxy) is 1. The van der Waals surface area contributed by atoms with Crippen LogP contribution in [0.1, 0.15) is 56.1 Å². The maximum absolute atomic E-state index is 14.8. The van der Waals surface area contributed by atoms with Crippen LogP contribution in [-0.4, -0.2) is 41.9 Å². The Hall–Kier alpha value is -2.15. The molecule has 1 saturated carbocycles. The summed E-state index contributed by atoms with van der Waals surface area (Å²) in [5.41, 5.74) is 2.21. The largest absolute Gasteiger partial charge is 0.442 e. The smallest absolute Gasteiger partial charge is 0.415 e. The molecule has 1 saturated heterocycles. The van der Waals surface area contributed by atoms with Gasteiger partial charge in [0.1, 0.15) is 11.9 Å². The van der Waals surface area contributed by atoms with Crippen LogP contribution in [0.2, 0.25) is 0 Å². The molecular weight excluding hydrogens is 351 g/mol. The van der Waals surface area contributed by atoms with Crippen LogP contribution in [0.4, 0.5) is 14.9 Å². The van der Waals surface area contributed by atoms with Crippen molar-refractivity contribution in [3.63, 3.8) is 0 Å². The first-order valence-corrected chi connectivity index (χ1v) is 9.74. The first-order chi connectivity index (χ1) is 13.0. The predicted octanol–water partition coefficient (Wildman–Crippen LogP) is 2.62. The summed E-state index contributed by atoms with van der Waals surface area (Å²) in [5.74, 6) is -0.278. The van der Waals surface area contributed by atoms with Crippen LogP contribution in [0, 0.1) is 5.82 Å². The molecule has 2 heterocycles. The standard InChI is InChI=1S/C20H25FN2O4/c1-2-19(25)22-10-18-17-8-12-7-14(11-3-5-13(24)6-4-11)15(21)9-16(12)23(17)20(26)27-18/h7,9,11,13,17-18,24H,2-6,8,10H2,1H3,(H,22,25)/t11?,13?,17-,18-/m0/s1. The van der Waals surface area contributed by atoms with Crippen LogP contribution in [-0.2, 0) is 16.0 Å². The average Bonchev–Trinajstić information content (AvgIpc) is 3.17. The highest BCUT2D eigenvalue weighted by molar-refractivity contribution is 5.94. The van der Waals surface area contributed by atoms with Crippen LogP contribution in [0.15, 0.2) is 12.1 Å². The van der Waals surface area contributed by atoms with E-state index in [0.29, 0.717) is 36.9 Å². The Morgan fingerprint density at radius 3 is 2.78 bits per heavy atom. The van der Waals surface area contributed by atoms with Gasteiger partial charge < -0.3 is 15.2 Å². The normalized spacial score (nSPS) is 29.3. The van der Waals surface area contributed by atoms with Crippen LogP contribution in [0.3, 0.4) is 0 Å². The lowest BCUT2D eigenvalue weighted by Gasteiger charge is -2.26. The van der Waals surface area contributed by atoms with Crippen LogP contribution in [0.25, 0.3) is 0 Å². The van der Waals surface area contributed by atoms with E-state index in [1.54, 1.807) is 6.92 Å². The van der Waals surface area contributed by atoms with Crippen molar-refractivity contribution in [1.82, 2.24) is 5.32 Å². The molecule has 2 aliphatic heterocycles. The summed E-state index contributed by atoms with van der Waals surface area (Å²) in [6.07, 6.45) is 2.71. The summed E-state index contributed by atoms with van der Waals surface area (Å²) in [7, 11) is 0. The monoisotopic (exact) mass is 376 g/mol. The van der Waals surface area contributed by atoms with Crippen molar-refractivity contribution in [3.8, 4) is 0 Å². The molecular formula is C20H25FN2O4. The second kappa shape index (κ2) is 7.11. The van der Waals surface area contributed by atoms with Gasteiger partial charge in [-0.2, -0.15) is 0 Å². The number of carbonyl (C=O) groups is 2. The highest BCUT2D eigenvalue weighted by Crippen LogP contribution is 2.43. The maximum Gasteiger partial charge on any atom is 0.415 e. The van der Waals surface area contributed by atoms with E-state index in [0.717, 1.165) is 18.4 Å². The minimum atomic E-state index is -0.484. The van der Waals surface area contributed by atoms with E-state index in [2.05, 4.69) is 5.32 Å². The van der Waals surface area contributed by atoms with Gasteiger partial charge in [-0.05, 0) is 55.2 Å². The molecule has 2 amide bonds. The lowest BCUT2D eigenvalue weighted by Crippen LogP contribution is -2.40. The number of rotatable bonds is 4. The molecule has 2 N–H and O–H groups in total. The Morgan fingerprint density at radius 1 is 1.33 bits per heavy atom. The van der Waals surface area contributed by atoms with E-state index >= 15 is 0 Å². The number of aliphatic hydroxyl groups excluding tert-OH is 1. The van der Waals surface area contributed by atoms with Gasteiger partial charge in [-0.25, -0.2) is 9.18 Å². The zero-order valence-electron chi connectivity index (χ0n) is 15.4. The summed E-state index contributed by atoms with van der Waals surface area (Å²) in [6, 6.07) is 3.12. The van der Waals surface area contributed by atoms with E-state index in [1.807, 2.05) is 6.07 Å². The number of nitrogens with zero attached hydrogens (tertiary/aromatic N) is 1. The van der Waals surface area contributed by atoms with Crippen molar-refractivity contribution in [1.29, 1.82) is 0 Å². The number of benzene rings is 1. The van der Waals surface area contributed by atoms with Gasteiger partial charge in [0.15, 0.2) is 0 Å². The average molecular weight is 376 g/mol. The van der Waals surface area contributed by atoms with Gasteiger partial charge in [0.2, 0.25) is 5.91 Å². The number of amides is 2. The van der Waals surface area contributed by atoms with Gasteiger partial charge in [-0.3, -0.25) is 9.69 Å².